The van der Waals surface area contributed by atoms with E-state index in [0.717, 1.165) is 25.1 Å². The number of rotatable bonds is 2. The third-order valence-electron chi connectivity index (χ3n) is 4.12. The average molecular weight is 286 g/mol. The Morgan fingerprint density at radius 1 is 1.40 bits per heavy atom. The Balaban J connectivity index is 1.86. The molecule has 1 unspecified atom stereocenters. The summed E-state index contributed by atoms with van der Waals surface area (Å²) < 4.78 is 37.5. The largest absolute Gasteiger partial charge is 0.480 e. The van der Waals surface area contributed by atoms with E-state index in [1.54, 1.807) is 4.90 Å². The van der Waals surface area contributed by atoms with Crippen LogP contribution in [0.4, 0.5) is 19.0 Å². The summed E-state index contributed by atoms with van der Waals surface area (Å²) in [5.41, 5.74) is -0.790. The zero-order chi connectivity index (χ0) is 14.5. The monoisotopic (exact) mass is 286 g/mol. The van der Waals surface area contributed by atoms with Crippen LogP contribution in [0, 0.1) is 5.41 Å². The molecule has 1 atom stereocenters. The summed E-state index contributed by atoms with van der Waals surface area (Å²) in [6.07, 6.45) is -1.17. The average Bonchev–Trinajstić information content (AvgIpc) is 2.99. The zero-order valence-electron chi connectivity index (χ0n) is 10.5. The first-order valence-electron chi connectivity index (χ1n) is 6.34. The van der Waals surface area contributed by atoms with E-state index in [-0.39, 0.29) is 5.41 Å². The van der Waals surface area contributed by atoms with Crippen molar-refractivity contribution < 1.29 is 23.1 Å². The van der Waals surface area contributed by atoms with Gasteiger partial charge in [-0.3, -0.25) is 0 Å². The second-order valence-corrected chi connectivity index (χ2v) is 5.59. The van der Waals surface area contributed by atoms with Crippen molar-refractivity contribution in [3.63, 3.8) is 0 Å². The SMILES string of the molecule is O=C(O)C1CC2(CC2)CN1c1ccc(C(F)(F)F)cn1. The van der Waals surface area contributed by atoms with Crippen molar-refractivity contribution in [1.29, 1.82) is 0 Å². The van der Waals surface area contributed by atoms with E-state index >= 15 is 0 Å². The normalized spacial score (nSPS) is 24.1. The molecule has 2 heterocycles. The summed E-state index contributed by atoms with van der Waals surface area (Å²) >= 11 is 0. The number of carboxylic acids is 1. The van der Waals surface area contributed by atoms with Crippen LogP contribution in [0.2, 0.25) is 0 Å². The Morgan fingerprint density at radius 2 is 2.10 bits per heavy atom. The molecule has 1 aromatic rings. The highest BCUT2D eigenvalue weighted by Crippen LogP contribution is 2.55. The summed E-state index contributed by atoms with van der Waals surface area (Å²) in [5.74, 6) is -0.648. The first-order chi connectivity index (χ1) is 9.31. The van der Waals surface area contributed by atoms with Crippen molar-refractivity contribution in [2.75, 3.05) is 11.4 Å². The maximum absolute atomic E-state index is 12.5. The van der Waals surface area contributed by atoms with Crippen LogP contribution >= 0.6 is 0 Å². The number of carboxylic acid groups (broad SMARTS) is 1. The molecule has 3 rings (SSSR count). The van der Waals surface area contributed by atoms with Gasteiger partial charge in [0, 0.05) is 12.7 Å². The van der Waals surface area contributed by atoms with E-state index in [4.69, 9.17) is 0 Å². The molecule has 1 N–H and O–H groups in total. The fourth-order valence-electron chi connectivity index (χ4n) is 2.78. The number of alkyl halides is 3. The Bertz CT molecular complexity index is 538. The maximum Gasteiger partial charge on any atom is 0.417 e. The Kier molecular flexibility index (Phi) is 2.71. The van der Waals surface area contributed by atoms with Crippen molar-refractivity contribution in [1.82, 2.24) is 4.98 Å². The molecule has 108 valence electrons. The number of aromatic nitrogens is 1. The van der Waals surface area contributed by atoms with Crippen molar-refractivity contribution in [2.24, 2.45) is 5.41 Å². The van der Waals surface area contributed by atoms with Gasteiger partial charge in [0.15, 0.2) is 0 Å². The molecule has 7 heteroatoms. The fraction of sp³-hybridized carbons (Fsp3) is 0.538. The quantitative estimate of drug-likeness (QED) is 0.907. The van der Waals surface area contributed by atoms with Gasteiger partial charge in [0.25, 0.3) is 0 Å². The second-order valence-electron chi connectivity index (χ2n) is 5.59. The van der Waals surface area contributed by atoms with Gasteiger partial charge in [-0.1, -0.05) is 0 Å². The topological polar surface area (TPSA) is 53.4 Å². The number of pyridine rings is 1. The van der Waals surface area contributed by atoms with Gasteiger partial charge >= 0.3 is 12.1 Å². The van der Waals surface area contributed by atoms with Crippen molar-refractivity contribution in [2.45, 2.75) is 31.5 Å². The minimum atomic E-state index is -4.43. The van der Waals surface area contributed by atoms with E-state index in [0.29, 0.717) is 18.8 Å². The lowest BCUT2D eigenvalue weighted by atomic mass is 10.0. The predicted octanol–water partition coefficient (Wildman–Crippen LogP) is 2.54. The van der Waals surface area contributed by atoms with Crippen LogP contribution in [0.3, 0.4) is 0 Å². The number of aliphatic carboxylic acids is 1. The van der Waals surface area contributed by atoms with Crippen molar-refractivity contribution in [3.8, 4) is 0 Å². The molecular weight excluding hydrogens is 273 g/mol. The van der Waals surface area contributed by atoms with Gasteiger partial charge in [0.2, 0.25) is 0 Å². The van der Waals surface area contributed by atoms with Crippen LogP contribution in [-0.2, 0) is 11.0 Å². The lowest BCUT2D eigenvalue weighted by Crippen LogP contribution is -2.36. The highest BCUT2D eigenvalue weighted by atomic mass is 19.4. The second kappa shape index (κ2) is 4.10. The van der Waals surface area contributed by atoms with Crippen LogP contribution in [0.15, 0.2) is 18.3 Å². The number of anilines is 1. The molecule has 1 saturated carbocycles. The molecule has 1 aromatic heterocycles. The minimum absolute atomic E-state index is 0.0352. The van der Waals surface area contributed by atoms with Crippen LogP contribution in [0.25, 0.3) is 0 Å². The molecular formula is C13H13F3N2O2. The van der Waals surface area contributed by atoms with E-state index in [1.807, 2.05) is 0 Å². The Hall–Kier alpha value is -1.79. The van der Waals surface area contributed by atoms with Crippen LogP contribution in [0.5, 0.6) is 0 Å². The van der Waals surface area contributed by atoms with Gasteiger partial charge in [0.05, 0.1) is 5.56 Å². The molecule has 0 aromatic carbocycles. The first-order valence-corrected chi connectivity index (χ1v) is 6.34. The van der Waals surface area contributed by atoms with E-state index in [9.17, 15) is 23.1 Å². The third-order valence-corrected chi connectivity index (χ3v) is 4.12. The van der Waals surface area contributed by atoms with Gasteiger partial charge in [-0.25, -0.2) is 9.78 Å². The number of carbonyl (C=O) groups is 1. The molecule has 0 amide bonds. The van der Waals surface area contributed by atoms with Gasteiger partial charge in [0.1, 0.15) is 11.9 Å². The molecule has 0 radical (unpaired) electrons. The maximum atomic E-state index is 12.5. The number of hydrogen-bond donors (Lipinski definition) is 1. The van der Waals surface area contributed by atoms with Crippen LogP contribution in [0.1, 0.15) is 24.8 Å². The molecule has 2 fully saturated rings. The summed E-state index contributed by atoms with van der Waals surface area (Å²) in [6, 6.07) is 1.50. The summed E-state index contributed by atoms with van der Waals surface area (Å²) in [7, 11) is 0. The number of halogens is 3. The van der Waals surface area contributed by atoms with Gasteiger partial charge in [-0.05, 0) is 36.8 Å². The fourth-order valence-corrected chi connectivity index (χ4v) is 2.78. The third kappa shape index (κ3) is 2.21. The molecule has 0 bridgehead atoms. The molecule has 1 spiro atoms. The van der Waals surface area contributed by atoms with Crippen LogP contribution < -0.4 is 4.90 Å². The molecule has 1 aliphatic carbocycles. The first kappa shape index (κ1) is 13.2. The summed E-state index contributed by atoms with van der Waals surface area (Å²) in [5, 5.41) is 9.24. The van der Waals surface area contributed by atoms with E-state index in [1.165, 1.54) is 6.07 Å². The van der Waals surface area contributed by atoms with Gasteiger partial charge in [-0.2, -0.15) is 13.2 Å². The molecule has 1 aliphatic heterocycles. The van der Waals surface area contributed by atoms with Gasteiger partial charge in [-0.15, -0.1) is 0 Å². The van der Waals surface area contributed by atoms with Crippen molar-refractivity contribution >= 4 is 11.8 Å². The molecule has 2 aliphatic rings. The smallest absolute Gasteiger partial charge is 0.417 e. The molecule has 1 saturated heterocycles. The van der Waals surface area contributed by atoms with E-state index in [2.05, 4.69) is 4.98 Å². The lowest BCUT2D eigenvalue weighted by Gasteiger charge is -2.22. The lowest BCUT2D eigenvalue weighted by molar-refractivity contribution is -0.139. The minimum Gasteiger partial charge on any atom is -0.480 e. The molecule has 20 heavy (non-hydrogen) atoms. The summed E-state index contributed by atoms with van der Waals surface area (Å²) in [4.78, 5) is 16.7. The Morgan fingerprint density at radius 3 is 2.55 bits per heavy atom. The zero-order valence-corrected chi connectivity index (χ0v) is 10.5. The Labute approximate surface area is 113 Å². The standard InChI is InChI=1S/C13H13F3N2O2/c14-13(15,16)8-1-2-10(17-6-8)18-7-12(3-4-12)5-9(18)11(19)20/h1-2,6,9H,3-5,7H2,(H,19,20). The number of nitrogens with zero attached hydrogens (tertiary/aromatic N) is 2. The highest BCUT2D eigenvalue weighted by Gasteiger charge is 2.54. The highest BCUT2D eigenvalue weighted by molar-refractivity contribution is 5.79. The predicted molar refractivity (Wildman–Crippen MR) is 64.3 cm³/mol. The van der Waals surface area contributed by atoms with E-state index < -0.39 is 23.8 Å². The van der Waals surface area contributed by atoms with Crippen molar-refractivity contribution in [3.05, 3.63) is 23.9 Å². The van der Waals surface area contributed by atoms with Crippen LogP contribution in [-0.4, -0.2) is 28.6 Å². The number of hydrogen-bond acceptors (Lipinski definition) is 3. The van der Waals surface area contributed by atoms with Gasteiger partial charge < -0.3 is 10.0 Å². The molecule has 4 nitrogen and oxygen atoms in total. The summed E-state index contributed by atoms with van der Waals surface area (Å²) in [6.45, 7) is 0.558.